The third-order valence-electron chi connectivity index (χ3n) is 17.7. The summed E-state index contributed by atoms with van der Waals surface area (Å²) in [5.74, 6) is -0.701. The summed E-state index contributed by atoms with van der Waals surface area (Å²) in [7, 11) is 2.97. The van der Waals surface area contributed by atoms with E-state index in [9.17, 15) is 28.8 Å². The zero-order valence-electron chi connectivity index (χ0n) is 58.1. The number of esters is 6. The van der Waals surface area contributed by atoms with Crippen LogP contribution >= 0.6 is 0 Å². The molecule has 2 aromatic rings. The second kappa shape index (κ2) is 48.4. The molecule has 3 rings (SSSR count). The molecule has 510 valence electrons. The summed E-state index contributed by atoms with van der Waals surface area (Å²) in [5.41, 5.74) is 6.07. The maximum Gasteiger partial charge on any atom is 0.342 e. The van der Waals surface area contributed by atoms with Crippen LogP contribution in [-0.2, 0) is 67.3 Å². The molecule has 0 radical (unpaired) electrons. The molecule has 1 heterocycles. The Bertz CT molecular complexity index is 2350. The highest BCUT2D eigenvalue weighted by Gasteiger charge is 2.33. The maximum atomic E-state index is 13.4. The number of ether oxygens (including phenoxy) is 8. The standard InChI is InChI=1S/C76H122O14/c1-11-13-15-17-19-21-23-25-27-29-31-36-40-44-68(78)85-54-64(55-86-69(79)45-41-37-32-30-28-26-24-22-20-18-16-14-12-2)89-70(80)50-58(4)42-38-34-33-35-39-43-59(5)75(81)90-72-60(6)51-63(52-61(72)7)53-87-74-65(48-46-57(3)47-49-67(77)83-9)73(84-10)62(8)66-56-88-76(82)71(66)74/h46,51-52,58-59,64H,11-45,47-50,53-56H2,1-10H3/b57-46+. The number of hydrogen-bond donors (Lipinski definition) is 0. The lowest BCUT2D eigenvalue weighted by Gasteiger charge is -2.20. The molecule has 0 aliphatic carbocycles. The normalized spacial score (nSPS) is 12.8. The van der Waals surface area contributed by atoms with Crippen LogP contribution in [0.5, 0.6) is 17.2 Å². The quantitative estimate of drug-likeness (QED) is 0.0201. The molecule has 2 aromatic carbocycles. The molecule has 0 fully saturated rings. The van der Waals surface area contributed by atoms with Crippen molar-refractivity contribution in [3.63, 3.8) is 0 Å². The van der Waals surface area contributed by atoms with Gasteiger partial charge in [-0.15, -0.1) is 0 Å². The second-order valence-corrected chi connectivity index (χ2v) is 26.0. The van der Waals surface area contributed by atoms with Crippen molar-refractivity contribution < 1.29 is 66.7 Å². The molecular formula is C76H122O14. The molecule has 0 saturated carbocycles. The van der Waals surface area contributed by atoms with E-state index in [1.54, 1.807) is 7.11 Å². The van der Waals surface area contributed by atoms with E-state index >= 15 is 0 Å². The molecule has 0 aromatic heterocycles. The first kappa shape index (κ1) is 78.8. The lowest BCUT2D eigenvalue weighted by molar-refractivity contribution is -0.167. The highest BCUT2D eigenvalue weighted by molar-refractivity contribution is 5.98. The number of unbranched alkanes of at least 4 members (excludes halogenated alkanes) is 28. The van der Waals surface area contributed by atoms with Crippen LogP contribution in [0.15, 0.2) is 23.8 Å². The lowest BCUT2D eigenvalue weighted by Crippen LogP contribution is -2.31. The number of allylic oxidation sites excluding steroid dienone is 2. The third-order valence-corrected chi connectivity index (χ3v) is 17.7. The number of rotatable bonds is 54. The van der Waals surface area contributed by atoms with Crippen molar-refractivity contribution in [1.29, 1.82) is 0 Å². The minimum absolute atomic E-state index is 0.0819. The van der Waals surface area contributed by atoms with E-state index in [1.807, 2.05) is 59.8 Å². The topological polar surface area (TPSA) is 176 Å². The average Bonchev–Trinajstić information content (AvgIpc) is 1.50. The first-order chi connectivity index (χ1) is 43.5. The molecule has 2 atom stereocenters. The number of methoxy groups -OCH3 is 2. The maximum absolute atomic E-state index is 13.4. The smallest absolute Gasteiger partial charge is 0.342 e. The van der Waals surface area contributed by atoms with Crippen molar-refractivity contribution in [2.24, 2.45) is 11.8 Å². The van der Waals surface area contributed by atoms with Crippen LogP contribution in [-0.4, -0.2) is 69.4 Å². The summed E-state index contributed by atoms with van der Waals surface area (Å²) in [6, 6.07) is 3.87. The fourth-order valence-electron chi connectivity index (χ4n) is 12.0. The Balaban J connectivity index is 1.41. The SMILES string of the molecule is CCCCCCCCCCCCCCCC(=O)OCC(COC(=O)CCCCCCCCCCCCCCC)OC(=O)CC(C)CCCCCCCC(C)C(=O)Oc1c(C)cc(COc2c(C/C=C(\C)CCC(=O)OC)c(OC)c(C)c3c2C(=O)OC3)cc1C. The zero-order valence-corrected chi connectivity index (χ0v) is 58.1. The first-order valence-electron chi connectivity index (χ1n) is 35.6. The minimum atomic E-state index is -0.858. The van der Waals surface area contributed by atoms with Crippen LogP contribution in [0, 0.1) is 32.6 Å². The second-order valence-electron chi connectivity index (χ2n) is 26.0. The van der Waals surface area contributed by atoms with Gasteiger partial charge < -0.3 is 37.9 Å². The van der Waals surface area contributed by atoms with Gasteiger partial charge in [0.15, 0.2) is 6.10 Å². The number of carbonyl (C=O) groups is 6. The fourth-order valence-corrected chi connectivity index (χ4v) is 12.0. The Morgan fingerprint density at radius 1 is 0.556 bits per heavy atom. The number of hydrogen-bond acceptors (Lipinski definition) is 14. The van der Waals surface area contributed by atoms with E-state index < -0.39 is 12.1 Å². The molecule has 2 unspecified atom stereocenters. The lowest BCUT2D eigenvalue weighted by atomic mass is 9.94. The van der Waals surface area contributed by atoms with Gasteiger partial charge in [-0.1, -0.05) is 232 Å². The van der Waals surface area contributed by atoms with Gasteiger partial charge in [0.25, 0.3) is 0 Å². The zero-order chi connectivity index (χ0) is 65.7. The van der Waals surface area contributed by atoms with Gasteiger partial charge in [0, 0.05) is 36.8 Å². The van der Waals surface area contributed by atoms with Crippen LogP contribution in [0.1, 0.15) is 322 Å². The number of aryl methyl sites for hydroxylation is 2. The molecule has 90 heavy (non-hydrogen) atoms. The van der Waals surface area contributed by atoms with Crippen molar-refractivity contribution in [1.82, 2.24) is 0 Å². The molecular weight excluding hydrogens is 1140 g/mol. The summed E-state index contributed by atoms with van der Waals surface area (Å²) < 4.78 is 45.8. The van der Waals surface area contributed by atoms with Crippen LogP contribution in [0.25, 0.3) is 0 Å². The predicted octanol–water partition coefficient (Wildman–Crippen LogP) is 19.6. The van der Waals surface area contributed by atoms with Crippen LogP contribution in [0.2, 0.25) is 0 Å². The summed E-state index contributed by atoms with van der Waals surface area (Å²) >= 11 is 0. The highest BCUT2D eigenvalue weighted by Crippen LogP contribution is 2.43. The highest BCUT2D eigenvalue weighted by atomic mass is 16.6. The number of fused-ring (bicyclic) bond motifs is 1. The van der Waals surface area contributed by atoms with E-state index in [4.69, 9.17) is 37.9 Å². The molecule has 0 N–H and O–H groups in total. The van der Waals surface area contributed by atoms with Crippen molar-refractivity contribution in [2.45, 2.75) is 325 Å². The monoisotopic (exact) mass is 1260 g/mol. The molecule has 1 aliphatic rings. The molecule has 14 heteroatoms. The Labute approximate surface area is 544 Å². The van der Waals surface area contributed by atoms with E-state index in [1.165, 1.54) is 136 Å². The van der Waals surface area contributed by atoms with Crippen LogP contribution in [0.4, 0.5) is 0 Å². The van der Waals surface area contributed by atoms with Gasteiger partial charge in [0.1, 0.15) is 49.2 Å². The fraction of sp³-hybridized carbons (Fsp3) is 0.737. The minimum Gasteiger partial charge on any atom is -0.496 e. The van der Waals surface area contributed by atoms with Crippen LogP contribution in [0.3, 0.4) is 0 Å². The van der Waals surface area contributed by atoms with Gasteiger partial charge in [0.2, 0.25) is 0 Å². The largest absolute Gasteiger partial charge is 0.496 e. The summed E-state index contributed by atoms with van der Waals surface area (Å²) in [4.78, 5) is 77.3. The molecule has 0 saturated heterocycles. The molecule has 0 amide bonds. The van der Waals surface area contributed by atoms with Gasteiger partial charge in [-0.3, -0.25) is 24.0 Å². The third kappa shape index (κ3) is 33.3. The van der Waals surface area contributed by atoms with E-state index in [0.29, 0.717) is 60.5 Å². The molecule has 1 aliphatic heterocycles. The van der Waals surface area contributed by atoms with Crippen molar-refractivity contribution >= 4 is 35.8 Å². The van der Waals surface area contributed by atoms with Gasteiger partial charge >= 0.3 is 35.8 Å². The predicted molar refractivity (Wildman–Crippen MR) is 359 cm³/mol. The Morgan fingerprint density at radius 2 is 1.02 bits per heavy atom. The Kier molecular flexibility index (Phi) is 42.4. The number of benzene rings is 2. The summed E-state index contributed by atoms with van der Waals surface area (Å²) in [6.45, 7) is 16.1. The Hall–Kier alpha value is -5.40. The average molecular weight is 1260 g/mol. The van der Waals surface area contributed by atoms with Crippen LogP contribution < -0.4 is 14.2 Å². The first-order valence-corrected chi connectivity index (χ1v) is 35.6. The van der Waals surface area contributed by atoms with E-state index in [-0.39, 0.29) is 81.0 Å². The molecule has 14 nitrogen and oxygen atoms in total. The van der Waals surface area contributed by atoms with Crippen molar-refractivity contribution in [2.75, 3.05) is 27.4 Å². The Morgan fingerprint density at radius 3 is 1.50 bits per heavy atom. The number of carbonyl (C=O) groups excluding carboxylic acids is 6. The van der Waals surface area contributed by atoms with Gasteiger partial charge in [-0.25, -0.2) is 4.79 Å². The van der Waals surface area contributed by atoms with E-state index in [2.05, 4.69) is 13.8 Å². The number of cyclic esters (lactones) is 1. The summed E-state index contributed by atoms with van der Waals surface area (Å²) in [6.07, 6.45) is 41.4. The molecule has 0 spiro atoms. The van der Waals surface area contributed by atoms with Gasteiger partial charge in [-0.05, 0) is 100 Å². The molecule has 0 bridgehead atoms. The van der Waals surface area contributed by atoms with Gasteiger partial charge in [-0.2, -0.15) is 0 Å². The van der Waals surface area contributed by atoms with E-state index in [0.717, 1.165) is 110 Å². The van der Waals surface area contributed by atoms with Crippen molar-refractivity contribution in [3.05, 3.63) is 62.7 Å². The van der Waals surface area contributed by atoms with Gasteiger partial charge in [0.05, 0.1) is 20.1 Å². The van der Waals surface area contributed by atoms with Crippen molar-refractivity contribution in [3.8, 4) is 17.2 Å². The summed E-state index contributed by atoms with van der Waals surface area (Å²) in [5, 5.41) is 0.